The van der Waals surface area contributed by atoms with Crippen LogP contribution < -0.4 is 0 Å². The minimum Gasteiger partial charge on any atom is -0.415 e. The average molecular weight is 156 g/mol. The van der Waals surface area contributed by atoms with Gasteiger partial charge in [0.25, 0.3) is 0 Å². The van der Waals surface area contributed by atoms with Crippen molar-refractivity contribution in [1.82, 2.24) is 0 Å². The van der Waals surface area contributed by atoms with Gasteiger partial charge in [-0.3, -0.25) is 4.57 Å². The van der Waals surface area contributed by atoms with Crippen LogP contribution in [0, 0.1) is 0 Å². The lowest BCUT2D eigenvalue weighted by Gasteiger charge is -2.10. The molecular formula is C2H9O4PSi. The van der Waals surface area contributed by atoms with Crippen LogP contribution in [0.3, 0.4) is 0 Å². The van der Waals surface area contributed by atoms with E-state index in [9.17, 15) is 4.57 Å². The molecule has 0 aliphatic rings. The average Bonchev–Trinajstić information content (AvgIpc) is 1.62. The molecule has 0 aromatic rings. The van der Waals surface area contributed by atoms with Gasteiger partial charge < -0.3 is 14.2 Å². The lowest BCUT2D eigenvalue weighted by atomic mass is 10.9. The first-order valence-electron chi connectivity index (χ1n) is 2.06. The molecule has 0 aromatic carbocycles. The molecule has 0 spiro atoms. The molecule has 0 saturated carbocycles. The Hall–Kier alpha value is 0.327. The Kier molecular flexibility index (Phi) is 2.86. The molecule has 0 heterocycles. The van der Waals surface area contributed by atoms with Crippen LogP contribution in [-0.2, 0) is 8.99 Å². The Morgan fingerprint density at radius 2 is 2.12 bits per heavy atom. The van der Waals surface area contributed by atoms with Crippen LogP contribution in [0.25, 0.3) is 0 Å². The maximum atomic E-state index is 10.2. The molecule has 0 radical (unpaired) electrons. The zero-order valence-corrected chi connectivity index (χ0v) is 7.63. The van der Waals surface area contributed by atoms with Crippen LogP contribution in [-0.4, -0.2) is 26.1 Å². The van der Waals surface area contributed by atoms with Gasteiger partial charge in [0.1, 0.15) is 16.3 Å². The Bertz CT molecular complexity index is 109. The van der Waals surface area contributed by atoms with Crippen LogP contribution in [0.1, 0.15) is 6.92 Å². The summed E-state index contributed by atoms with van der Waals surface area (Å²) in [5.74, 6) is -0.922. The van der Waals surface area contributed by atoms with E-state index in [0.29, 0.717) is 10.5 Å². The van der Waals surface area contributed by atoms with Crippen molar-refractivity contribution >= 4 is 18.1 Å². The molecule has 0 aliphatic carbocycles. The van der Waals surface area contributed by atoms with E-state index < -0.39 is 13.4 Å². The molecule has 0 aliphatic heterocycles. The van der Waals surface area contributed by atoms with Gasteiger partial charge in [0.15, 0.2) is 0 Å². The minimum atomic E-state index is -3.94. The van der Waals surface area contributed by atoms with E-state index in [1.54, 1.807) is 0 Å². The summed E-state index contributed by atoms with van der Waals surface area (Å²) < 4.78 is 14.6. The molecule has 0 fully saturated rings. The molecule has 50 valence electrons. The number of hydrogen-bond acceptors (Lipinski definition) is 2. The smallest absolute Gasteiger partial charge is 0.352 e. The summed E-state index contributed by atoms with van der Waals surface area (Å²) in [6.07, 6.45) is 0. The van der Waals surface area contributed by atoms with E-state index in [-0.39, 0.29) is 0 Å². The highest BCUT2D eigenvalue weighted by atomic mass is 31.2. The summed E-state index contributed by atoms with van der Waals surface area (Å²) in [6, 6.07) is 0. The molecule has 2 N–H and O–H groups in total. The van der Waals surface area contributed by atoms with Gasteiger partial charge in [0.2, 0.25) is 0 Å². The normalized spacial score (nSPS) is 16.4. The second-order valence-corrected chi connectivity index (χ2v) is 3.80. The van der Waals surface area contributed by atoms with Gasteiger partial charge in [-0.05, 0) is 6.92 Å². The first kappa shape index (κ1) is 8.33. The Balaban J connectivity index is 3.82. The summed E-state index contributed by atoms with van der Waals surface area (Å²) in [5, 5.41) is 0. The highest BCUT2D eigenvalue weighted by molar-refractivity contribution is 7.52. The molecule has 0 rings (SSSR count). The van der Waals surface area contributed by atoms with Gasteiger partial charge >= 0.3 is 7.60 Å². The number of hydrogen-bond donors (Lipinski definition) is 2. The summed E-state index contributed by atoms with van der Waals surface area (Å²) in [6.45, 7) is 1.35. The van der Waals surface area contributed by atoms with Crippen LogP contribution in [0.4, 0.5) is 0 Å². The molecule has 0 aromatic heterocycles. The number of rotatable bonds is 2. The third-order valence-corrected chi connectivity index (χ3v) is 3.08. The summed E-state index contributed by atoms with van der Waals surface area (Å²) in [7, 11) is -3.58. The predicted molar refractivity (Wildman–Crippen MR) is 32.5 cm³/mol. The fourth-order valence-corrected chi connectivity index (χ4v) is 1.24. The fourth-order valence-electron chi connectivity index (χ4n) is 0.137. The molecule has 6 heteroatoms. The van der Waals surface area contributed by atoms with Crippen molar-refractivity contribution < 1.29 is 18.8 Å². The van der Waals surface area contributed by atoms with E-state index in [1.807, 2.05) is 0 Å². The van der Waals surface area contributed by atoms with Crippen molar-refractivity contribution in [2.45, 2.75) is 12.8 Å². The predicted octanol–water partition coefficient (Wildman–Crippen LogP) is -1.19. The summed E-state index contributed by atoms with van der Waals surface area (Å²) in [4.78, 5) is 16.6. The van der Waals surface area contributed by atoms with Gasteiger partial charge in [-0.2, -0.15) is 0 Å². The third kappa shape index (κ3) is 2.59. The summed E-state index contributed by atoms with van der Waals surface area (Å²) in [5.41, 5.74) is 0. The van der Waals surface area contributed by atoms with Crippen LogP contribution in [0.5, 0.6) is 0 Å². The van der Waals surface area contributed by atoms with E-state index in [2.05, 4.69) is 4.43 Å². The van der Waals surface area contributed by atoms with Gasteiger partial charge in [-0.25, -0.2) is 0 Å². The van der Waals surface area contributed by atoms with Gasteiger partial charge in [0.05, 0.1) is 0 Å². The molecule has 0 saturated heterocycles. The van der Waals surface area contributed by atoms with Crippen molar-refractivity contribution in [1.29, 1.82) is 0 Å². The zero-order chi connectivity index (χ0) is 6.78. The summed E-state index contributed by atoms with van der Waals surface area (Å²) >= 11 is 0. The van der Waals surface area contributed by atoms with Gasteiger partial charge in [-0.1, -0.05) is 0 Å². The quantitative estimate of drug-likeness (QED) is 0.389. The largest absolute Gasteiger partial charge is 0.415 e. The lowest BCUT2D eigenvalue weighted by molar-refractivity contribution is 0.253. The van der Waals surface area contributed by atoms with Gasteiger partial charge in [0, 0.05) is 0 Å². The van der Waals surface area contributed by atoms with Crippen molar-refractivity contribution in [2.75, 3.05) is 0 Å². The third-order valence-electron chi connectivity index (χ3n) is 0.815. The maximum absolute atomic E-state index is 10.2. The van der Waals surface area contributed by atoms with E-state index in [4.69, 9.17) is 9.79 Å². The van der Waals surface area contributed by atoms with E-state index >= 15 is 0 Å². The molecule has 4 nitrogen and oxygen atoms in total. The topological polar surface area (TPSA) is 66.8 Å². The highest BCUT2D eigenvalue weighted by Gasteiger charge is 2.21. The van der Waals surface area contributed by atoms with Crippen LogP contribution >= 0.6 is 7.60 Å². The molecular weight excluding hydrogens is 147 g/mol. The molecule has 0 amide bonds. The molecule has 0 bridgehead atoms. The lowest BCUT2D eigenvalue weighted by Crippen LogP contribution is -2.05. The Morgan fingerprint density at radius 1 is 1.75 bits per heavy atom. The van der Waals surface area contributed by atoms with E-state index in [0.717, 1.165) is 0 Å². The van der Waals surface area contributed by atoms with Crippen molar-refractivity contribution in [3.63, 3.8) is 0 Å². The molecule has 1 atom stereocenters. The molecule has 8 heavy (non-hydrogen) atoms. The van der Waals surface area contributed by atoms with Crippen LogP contribution in [0.15, 0.2) is 0 Å². The van der Waals surface area contributed by atoms with Crippen molar-refractivity contribution in [3.05, 3.63) is 0 Å². The van der Waals surface area contributed by atoms with E-state index in [1.165, 1.54) is 6.92 Å². The Labute approximate surface area is 50.6 Å². The van der Waals surface area contributed by atoms with Crippen molar-refractivity contribution in [3.8, 4) is 0 Å². The Morgan fingerprint density at radius 3 is 2.12 bits per heavy atom. The second kappa shape index (κ2) is 2.75. The fraction of sp³-hybridized carbons (Fsp3) is 1.00. The van der Waals surface area contributed by atoms with Gasteiger partial charge in [-0.15, -0.1) is 0 Å². The maximum Gasteiger partial charge on any atom is 0.352 e. The second-order valence-electron chi connectivity index (χ2n) is 1.42. The zero-order valence-electron chi connectivity index (χ0n) is 4.74. The minimum absolute atomic E-state index is 0.361. The standard InChI is InChI=1S/C2H9O4PSi/c1-2(6-8)7(3,4)5/h2H,1,8H3,(H2,3,4,5). The first-order chi connectivity index (χ1) is 3.48. The monoisotopic (exact) mass is 156 g/mol. The first-order valence-corrected chi connectivity index (χ1v) is 4.56. The SMILES string of the molecule is CC(O[SiH3])P(=O)(O)O. The molecule has 1 unspecified atom stereocenters. The highest BCUT2D eigenvalue weighted by Crippen LogP contribution is 2.40. The van der Waals surface area contributed by atoms with Crippen LogP contribution in [0.2, 0.25) is 0 Å². The van der Waals surface area contributed by atoms with Crippen molar-refractivity contribution in [2.24, 2.45) is 0 Å².